The standard InChI is InChI=1S/C13H18N2/c14-13-6-12(13)11-8-15(9-11)7-10-4-2-1-3-5-10/h1-5,11-13H,6-9,14H2. The van der Waals surface area contributed by atoms with Crippen LogP contribution < -0.4 is 5.73 Å². The lowest BCUT2D eigenvalue weighted by molar-refractivity contribution is 0.0763. The molecule has 1 heterocycles. The van der Waals surface area contributed by atoms with E-state index in [9.17, 15) is 0 Å². The zero-order valence-electron chi connectivity index (χ0n) is 8.97. The molecule has 1 saturated carbocycles. The highest BCUT2D eigenvalue weighted by atomic mass is 15.2. The van der Waals surface area contributed by atoms with E-state index in [2.05, 4.69) is 35.2 Å². The molecule has 15 heavy (non-hydrogen) atoms. The largest absolute Gasteiger partial charge is 0.327 e. The van der Waals surface area contributed by atoms with Crippen molar-refractivity contribution in [1.82, 2.24) is 4.90 Å². The average Bonchev–Trinajstić information content (AvgIpc) is 2.90. The van der Waals surface area contributed by atoms with E-state index in [-0.39, 0.29) is 0 Å². The van der Waals surface area contributed by atoms with Gasteiger partial charge < -0.3 is 5.73 Å². The quantitative estimate of drug-likeness (QED) is 0.804. The lowest BCUT2D eigenvalue weighted by Gasteiger charge is -2.39. The van der Waals surface area contributed by atoms with E-state index in [0.717, 1.165) is 18.4 Å². The van der Waals surface area contributed by atoms with Crippen molar-refractivity contribution in [2.24, 2.45) is 17.6 Å². The molecule has 80 valence electrons. The van der Waals surface area contributed by atoms with Crippen LogP contribution in [0.2, 0.25) is 0 Å². The smallest absolute Gasteiger partial charge is 0.0233 e. The van der Waals surface area contributed by atoms with Gasteiger partial charge in [0.15, 0.2) is 0 Å². The summed E-state index contributed by atoms with van der Waals surface area (Å²) in [5.41, 5.74) is 7.28. The van der Waals surface area contributed by atoms with Gasteiger partial charge in [-0.2, -0.15) is 0 Å². The van der Waals surface area contributed by atoms with Crippen molar-refractivity contribution < 1.29 is 0 Å². The molecule has 0 bridgehead atoms. The van der Waals surface area contributed by atoms with Crippen molar-refractivity contribution in [3.63, 3.8) is 0 Å². The first-order valence-corrected chi connectivity index (χ1v) is 5.85. The second kappa shape index (κ2) is 3.62. The molecular weight excluding hydrogens is 184 g/mol. The summed E-state index contributed by atoms with van der Waals surface area (Å²) in [6.07, 6.45) is 1.27. The highest BCUT2D eigenvalue weighted by molar-refractivity contribution is 5.15. The van der Waals surface area contributed by atoms with Crippen LogP contribution in [0.4, 0.5) is 0 Å². The minimum absolute atomic E-state index is 0.522. The molecule has 1 aliphatic heterocycles. The van der Waals surface area contributed by atoms with E-state index in [1.54, 1.807) is 0 Å². The Morgan fingerprint density at radius 1 is 1.20 bits per heavy atom. The summed E-state index contributed by atoms with van der Waals surface area (Å²) in [5, 5.41) is 0. The average molecular weight is 202 g/mol. The molecule has 2 nitrogen and oxygen atoms in total. The monoisotopic (exact) mass is 202 g/mol. The maximum absolute atomic E-state index is 5.86. The third-order valence-electron chi connectivity index (χ3n) is 3.73. The minimum Gasteiger partial charge on any atom is -0.327 e. The third-order valence-corrected chi connectivity index (χ3v) is 3.73. The molecule has 2 N–H and O–H groups in total. The molecule has 2 atom stereocenters. The topological polar surface area (TPSA) is 29.3 Å². The first-order valence-electron chi connectivity index (χ1n) is 5.85. The predicted octanol–water partition coefficient (Wildman–Crippen LogP) is 1.47. The minimum atomic E-state index is 0.522. The number of nitrogens with zero attached hydrogens (tertiary/aromatic N) is 1. The van der Waals surface area contributed by atoms with E-state index in [4.69, 9.17) is 5.73 Å². The zero-order valence-corrected chi connectivity index (χ0v) is 8.97. The van der Waals surface area contributed by atoms with Crippen molar-refractivity contribution in [1.29, 1.82) is 0 Å². The van der Waals surface area contributed by atoms with Gasteiger partial charge in [0.2, 0.25) is 0 Å². The first-order chi connectivity index (χ1) is 7.33. The molecule has 1 aromatic carbocycles. The third kappa shape index (κ3) is 1.92. The molecular formula is C13H18N2. The SMILES string of the molecule is NC1CC1C1CN(Cc2ccccc2)C1. The summed E-state index contributed by atoms with van der Waals surface area (Å²) in [6.45, 7) is 3.62. The van der Waals surface area contributed by atoms with Gasteiger partial charge >= 0.3 is 0 Å². The Morgan fingerprint density at radius 3 is 2.47 bits per heavy atom. The van der Waals surface area contributed by atoms with Crippen molar-refractivity contribution in [3.8, 4) is 0 Å². The van der Waals surface area contributed by atoms with E-state index in [1.807, 2.05) is 0 Å². The highest BCUT2D eigenvalue weighted by Crippen LogP contribution is 2.40. The van der Waals surface area contributed by atoms with Crippen LogP contribution in [0.5, 0.6) is 0 Å². The van der Waals surface area contributed by atoms with Gasteiger partial charge in [-0.05, 0) is 23.8 Å². The molecule has 2 aliphatic rings. The molecule has 0 amide bonds. The Kier molecular flexibility index (Phi) is 2.26. The van der Waals surface area contributed by atoms with E-state index in [0.29, 0.717) is 6.04 Å². The fraction of sp³-hybridized carbons (Fsp3) is 0.538. The zero-order chi connectivity index (χ0) is 10.3. The molecule has 0 aromatic heterocycles. The maximum atomic E-state index is 5.86. The van der Waals surface area contributed by atoms with Gasteiger partial charge in [-0.15, -0.1) is 0 Å². The fourth-order valence-corrected chi connectivity index (χ4v) is 2.63. The maximum Gasteiger partial charge on any atom is 0.0233 e. The van der Waals surface area contributed by atoms with E-state index >= 15 is 0 Å². The molecule has 1 saturated heterocycles. The lowest BCUT2D eigenvalue weighted by Crippen LogP contribution is -2.47. The predicted molar refractivity (Wildman–Crippen MR) is 61.3 cm³/mol. The lowest BCUT2D eigenvalue weighted by atomic mass is 9.94. The van der Waals surface area contributed by atoms with Gasteiger partial charge in [0.1, 0.15) is 0 Å². The summed E-state index contributed by atoms with van der Waals surface area (Å²) < 4.78 is 0. The Hall–Kier alpha value is -0.860. The molecule has 2 heteroatoms. The molecule has 0 radical (unpaired) electrons. The number of benzene rings is 1. The van der Waals surface area contributed by atoms with Crippen LogP contribution in [-0.4, -0.2) is 24.0 Å². The number of rotatable bonds is 3. The van der Waals surface area contributed by atoms with E-state index < -0.39 is 0 Å². The van der Waals surface area contributed by atoms with E-state index in [1.165, 1.54) is 25.1 Å². The van der Waals surface area contributed by atoms with Crippen LogP contribution >= 0.6 is 0 Å². The fourth-order valence-electron chi connectivity index (χ4n) is 2.63. The van der Waals surface area contributed by atoms with Crippen LogP contribution in [0, 0.1) is 11.8 Å². The Labute approximate surface area is 91.1 Å². The van der Waals surface area contributed by atoms with Gasteiger partial charge in [0.25, 0.3) is 0 Å². The summed E-state index contributed by atoms with van der Waals surface area (Å²) in [6, 6.07) is 11.2. The van der Waals surface area contributed by atoms with Crippen LogP contribution in [0.3, 0.4) is 0 Å². The van der Waals surface area contributed by atoms with Gasteiger partial charge in [0.05, 0.1) is 0 Å². The summed E-state index contributed by atoms with van der Waals surface area (Å²) >= 11 is 0. The number of hydrogen-bond acceptors (Lipinski definition) is 2. The number of hydrogen-bond donors (Lipinski definition) is 1. The van der Waals surface area contributed by atoms with Gasteiger partial charge in [-0.1, -0.05) is 30.3 Å². The van der Waals surface area contributed by atoms with Crippen molar-refractivity contribution in [3.05, 3.63) is 35.9 Å². The Bertz CT molecular complexity index is 330. The Morgan fingerprint density at radius 2 is 1.87 bits per heavy atom. The van der Waals surface area contributed by atoms with Gasteiger partial charge in [-0.25, -0.2) is 0 Å². The van der Waals surface area contributed by atoms with Crippen LogP contribution in [-0.2, 0) is 6.54 Å². The normalized spacial score (nSPS) is 31.3. The van der Waals surface area contributed by atoms with Crippen molar-refractivity contribution >= 4 is 0 Å². The van der Waals surface area contributed by atoms with Gasteiger partial charge in [0, 0.05) is 25.7 Å². The second-order valence-corrected chi connectivity index (χ2v) is 5.00. The van der Waals surface area contributed by atoms with Crippen molar-refractivity contribution in [2.45, 2.75) is 19.0 Å². The van der Waals surface area contributed by atoms with Crippen LogP contribution in [0.1, 0.15) is 12.0 Å². The first kappa shape index (κ1) is 9.37. The summed E-state index contributed by atoms with van der Waals surface area (Å²) in [7, 11) is 0. The molecule has 0 spiro atoms. The van der Waals surface area contributed by atoms with Gasteiger partial charge in [-0.3, -0.25) is 4.90 Å². The molecule has 1 aromatic rings. The molecule has 2 unspecified atom stereocenters. The highest BCUT2D eigenvalue weighted by Gasteiger charge is 2.45. The summed E-state index contributed by atoms with van der Waals surface area (Å²) in [4.78, 5) is 2.52. The van der Waals surface area contributed by atoms with Crippen LogP contribution in [0.25, 0.3) is 0 Å². The van der Waals surface area contributed by atoms with Crippen LogP contribution in [0.15, 0.2) is 30.3 Å². The summed E-state index contributed by atoms with van der Waals surface area (Å²) in [5.74, 6) is 1.74. The number of likely N-dealkylation sites (tertiary alicyclic amines) is 1. The molecule has 3 rings (SSSR count). The molecule has 1 aliphatic carbocycles. The second-order valence-electron chi connectivity index (χ2n) is 5.00. The number of nitrogens with two attached hydrogens (primary N) is 1. The van der Waals surface area contributed by atoms with Crippen molar-refractivity contribution in [2.75, 3.05) is 13.1 Å². The Balaban J connectivity index is 1.48. The molecule has 2 fully saturated rings.